The van der Waals surface area contributed by atoms with Crippen LogP contribution < -0.4 is 15.4 Å². The average Bonchev–Trinajstić information content (AvgIpc) is 2.73. The van der Waals surface area contributed by atoms with Crippen molar-refractivity contribution in [1.82, 2.24) is 0 Å². The van der Waals surface area contributed by atoms with Crippen molar-refractivity contribution >= 4 is 17.3 Å². The van der Waals surface area contributed by atoms with Gasteiger partial charge in [-0.25, -0.2) is 4.79 Å². The Morgan fingerprint density at radius 1 is 1.21 bits per heavy atom. The van der Waals surface area contributed by atoms with Crippen molar-refractivity contribution < 1.29 is 24.7 Å². The molecule has 0 saturated carbocycles. The lowest BCUT2D eigenvalue weighted by Gasteiger charge is -2.36. The van der Waals surface area contributed by atoms with E-state index in [1.165, 1.54) is 0 Å². The first-order chi connectivity index (χ1) is 13.5. The number of quaternary nitrogens is 1. The van der Waals surface area contributed by atoms with Gasteiger partial charge < -0.3 is 24.8 Å². The van der Waals surface area contributed by atoms with E-state index in [-0.39, 0.29) is 12.6 Å². The number of hydrogen-bond donors (Lipinski definition) is 1. The quantitative estimate of drug-likeness (QED) is 0.820. The Bertz CT molecular complexity index is 849. The molecule has 2 aromatic rings. The number of benzene rings is 2. The van der Waals surface area contributed by atoms with Gasteiger partial charge in [-0.3, -0.25) is 0 Å². The molecule has 1 unspecified atom stereocenters. The fraction of sp³-hybridized carbons (Fsp3) is 0.409. The fourth-order valence-corrected chi connectivity index (χ4v) is 3.75. The van der Waals surface area contributed by atoms with Gasteiger partial charge in [-0.05, 0) is 31.9 Å². The predicted molar refractivity (Wildman–Crippen MR) is 106 cm³/mol. The number of carbonyl (C=O) groups is 1. The number of carbonyl (C=O) groups excluding carboxylic acids is 1. The molecule has 3 N–H and O–H groups in total. The summed E-state index contributed by atoms with van der Waals surface area (Å²) in [6.07, 6.45) is 1.67. The van der Waals surface area contributed by atoms with E-state index in [9.17, 15) is 4.79 Å². The maximum Gasteiger partial charge on any atom is 0.338 e. The molecule has 2 aromatic carbocycles. The van der Waals surface area contributed by atoms with E-state index >= 15 is 0 Å². The van der Waals surface area contributed by atoms with Crippen molar-refractivity contribution in [3.05, 3.63) is 53.6 Å². The molecule has 2 heterocycles. The minimum atomic E-state index is -0.539. The number of morpholine rings is 1. The summed E-state index contributed by atoms with van der Waals surface area (Å²) >= 11 is 0. The molecule has 6 heteroatoms. The van der Waals surface area contributed by atoms with Crippen LogP contribution in [0, 0.1) is 0 Å². The Balaban J connectivity index is 1.47. The van der Waals surface area contributed by atoms with Crippen LogP contribution >= 0.6 is 0 Å². The van der Waals surface area contributed by atoms with E-state index < -0.39 is 5.60 Å². The van der Waals surface area contributed by atoms with Crippen LogP contribution in [0.4, 0.5) is 11.4 Å². The van der Waals surface area contributed by atoms with Crippen LogP contribution in [0.2, 0.25) is 0 Å². The Labute approximate surface area is 165 Å². The van der Waals surface area contributed by atoms with Crippen molar-refractivity contribution in [3.63, 3.8) is 0 Å². The van der Waals surface area contributed by atoms with E-state index in [0.717, 1.165) is 61.8 Å². The van der Waals surface area contributed by atoms with Crippen LogP contribution in [0.1, 0.15) is 29.3 Å². The Morgan fingerprint density at radius 2 is 1.96 bits per heavy atom. The third-order valence-corrected chi connectivity index (χ3v) is 5.41. The van der Waals surface area contributed by atoms with Crippen LogP contribution in [0.5, 0.6) is 5.75 Å². The van der Waals surface area contributed by atoms with Crippen molar-refractivity contribution in [2.24, 2.45) is 0 Å². The highest BCUT2D eigenvalue weighted by Crippen LogP contribution is 2.39. The first-order valence-corrected chi connectivity index (χ1v) is 9.77. The molecule has 4 rings (SSSR count). The topological polar surface area (TPSA) is 75.6 Å². The SMILES string of the molecule is CC1(COC(=O)c2ccccc2)CCc2cc([NH3+])c(N3CCOCC3)cc2O1. The number of hydrogen-bond acceptors (Lipinski definition) is 5. The first kappa shape index (κ1) is 18.8. The van der Waals surface area contributed by atoms with Gasteiger partial charge in [-0.2, -0.15) is 0 Å². The minimum Gasteiger partial charge on any atom is -0.484 e. The van der Waals surface area contributed by atoms with E-state index in [0.29, 0.717) is 5.56 Å². The summed E-state index contributed by atoms with van der Waals surface area (Å²) in [4.78, 5) is 14.6. The molecule has 148 valence electrons. The van der Waals surface area contributed by atoms with Crippen molar-refractivity contribution in [3.8, 4) is 5.75 Å². The number of fused-ring (bicyclic) bond motifs is 1. The molecule has 2 aliphatic rings. The molecule has 28 heavy (non-hydrogen) atoms. The van der Waals surface area contributed by atoms with Gasteiger partial charge in [0.2, 0.25) is 0 Å². The van der Waals surface area contributed by atoms with E-state index in [2.05, 4.69) is 22.8 Å². The maximum atomic E-state index is 12.3. The third-order valence-electron chi connectivity index (χ3n) is 5.41. The fourth-order valence-electron chi connectivity index (χ4n) is 3.75. The highest BCUT2D eigenvalue weighted by Gasteiger charge is 2.34. The minimum absolute atomic E-state index is 0.221. The molecule has 6 nitrogen and oxygen atoms in total. The van der Waals surface area contributed by atoms with E-state index in [1.54, 1.807) is 12.1 Å². The third kappa shape index (κ3) is 3.98. The molecule has 0 aliphatic carbocycles. The summed E-state index contributed by atoms with van der Waals surface area (Å²) in [6.45, 7) is 5.38. The summed E-state index contributed by atoms with van der Waals surface area (Å²) in [5.74, 6) is 0.539. The van der Waals surface area contributed by atoms with Gasteiger partial charge >= 0.3 is 5.97 Å². The lowest BCUT2D eigenvalue weighted by molar-refractivity contribution is -0.254. The highest BCUT2D eigenvalue weighted by molar-refractivity contribution is 5.89. The lowest BCUT2D eigenvalue weighted by atomic mass is 9.92. The maximum absolute atomic E-state index is 12.3. The van der Waals surface area contributed by atoms with Gasteiger partial charge in [0.1, 0.15) is 23.6 Å². The van der Waals surface area contributed by atoms with Crippen LogP contribution in [0.3, 0.4) is 0 Å². The number of ether oxygens (including phenoxy) is 3. The zero-order chi connectivity index (χ0) is 19.6. The molecule has 2 aliphatic heterocycles. The number of anilines is 1. The number of esters is 1. The van der Waals surface area contributed by atoms with Crippen molar-refractivity contribution in [2.75, 3.05) is 37.8 Å². The van der Waals surface area contributed by atoms with E-state index in [1.807, 2.05) is 25.1 Å². The van der Waals surface area contributed by atoms with Gasteiger partial charge in [0.15, 0.2) is 5.69 Å². The van der Waals surface area contributed by atoms with Crippen molar-refractivity contribution in [1.29, 1.82) is 0 Å². The molecule has 0 amide bonds. The van der Waals surface area contributed by atoms with Crippen molar-refractivity contribution in [2.45, 2.75) is 25.4 Å². The second-order valence-corrected chi connectivity index (χ2v) is 7.68. The second-order valence-electron chi connectivity index (χ2n) is 7.68. The number of aryl methyl sites for hydroxylation is 1. The van der Waals surface area contributed by atoms with Crippen LogP contribution in [0.25, 0.3) is 0 Å². The van der Waals surface area contributed by atoms with Gasteiger partial charge in [-0.15, -0.1) is 0 Å². The number of nitrogens with zero attached hydrogens (tertiary/aromatic N) is 1. The predicted octanol–water partition coefficient (Wildman–Crippen LogP) is 2.34. The lowest BCUT2D eigenvalue weighted by Crippen LogP contribution is -2.46. The first-order valence-electron chi connectivity index (χ1n) is 9.77. The normalized spacial score (nSPS) is 21.6. The Kier molecular flexibility index (Phi) is 5.24. The zero-order valence-electron chi connectivity index (χ0n) is 16.3. The summed E-state index contributed by atoms with van der Waals surface area (Å²) in [6, 6.07) is 13.2. The summed E-state index contributed by atoms with van der Waals surface area (Å²) in [5.41, 5.74) is 7.51. The second kappa shape index (κ2) is 7.81. The van der Waals surface area contributed by atoms with Crippen LogP contribution in [-0.2, 0) is 15.9 Å². The van der Waals surface area contributed by atoms with Gasteiger partial charge in [-0.1, -0.05) is 18.2 Å². The zero-order valence-corrected chi connectivity index (χ0v) is 16.3. The molecule has 0 aromatic heterocycles. The summed E-state index contributed by atoms with van der Waals surface area (Å²) in [5, 5.41) is 0. The number of rotatable bonds is 4. The molecule has 0 radical (unpaired) electrons. The Morgan fingerprint density at radius 3 is 2.71 bits per heavy atom. The monoisotopic (exact) mass is 383 g/mol. The average molecular weight is 383 g/mol. The molecule has 0 bridgehead atoms. The molecular weight excluding hydrogens is 356 g/mol. The summed E-state index contributed by atoms with van der Waals surface area (Å²) < 4.78 is 17.3. The van der Waals surface area contributed by atoms with Crippen LogP contribution in [-0.4, -0.2) is 44.5 Å². The summed E-state index contributed by atoms with van der Waals surface area (Å²) in [7, 11) is 0. The van der Waals surface area contributed by atoms with Gasteiger partial charge in [0, 0.05) is 30.8 Å². The molecule has 1 saturated heterocycles. The Hall–Kier alpha value is -2.57. The smallest absolute Gasteiger partial charge is 0.338 e. The largest absolute Gasteiger partial charge is 0.484 e. The molecule has 1 atom stereocenters. The molecule has 0 spiro atoms. The molecule has 1 fully saturated rings. The van der Waals surface area contributed by atoms with Crippen LogP contribution in [0.15, 0.2) is 42.5 Å². The highest BCUT2D eigenvalue weighted by atomic mass is 16.6. The van der Waals surface area contributed by atoms with Gasteiger partial charge in [0.25, 0.3) is 0 Å². The van der Waals surface area contributed by atoms with E-state index in [4.69, 9.17) is 14.2 Å². The molecular formula is C22H27N2O4+. The van der Waals surface area contributed by atoms with Gasteiger partial charge in [0.05, 0.1) is 18.8 Å². The standard InChI is InChI=1S/C22H26N2O4/c1-22(15-27-21(25)16-5-3-2-4-6-16)8-7-17-13-18(23)19(14-20(17)28-22)24-9-11-26-12-10-24/h2-6,13-14H,7-12,15,23H2,1H3/p+1.